The molecule has 1 atom stereocenters. The first-order chi connectivity index (χ1) is 9.70. The minimum atomic E-state index is -0.0814. The minimum Gasteiger partial charge on any atom is -0.345 e. The molecule has 1 aromatic carbocycles. The third kappa shape index (κ3) is 3.70. The average molecular weight is 284 g/mol. The summed E-state index contributed by atoms with van der Waals surface area (Å²) in [5.41, 5.74) is 7.93. The Morgan fingerprint density at radius 2 is 2.10 bits per heavy atom. The van der Waals surface area contributed by atoms with Crippen LogP contribution in [0.5, 0.6) is 0 Å². The maximum atomic E-state index is 12.1. The standard InChI is InChI=1S/C16H16N2OS/c1-12(15-8-10-20-11-15)18-16(19)14-6-4-13(5-7-14)3-2-9-17/h4-8,10-12H,9,17H2,1H3,(H,18,19). The molecule has 0 saturated carbocycles. The van der Waals surface area contributed by atoms with E-state index in [4.69, 9.17) is 5.73 Å². The van der Waals surface area contributed by atoms with E-state index in [0.717, 1.165) is 11.1 Å². The van der Waals surface area contributed by atoms with E-state index in [1.54, 1.807) is 23.5 Å². The molecule has 0 aliphatic carbocycles. The van der Waals surface area contributed by atoms with Crippen molar-refractivity contribution in [3.05, 3.63) is 57.8 Å². The summed E-state index contributed by atoms with van der Waals surface area (Å²) in [6, 6.07) is 9.22. The van der Waals surface area contributed by atoms with Crippen LogP contribution in [0.2, 0.25) is 0 Å². The van der Waals surface area contributed by atoms with Crippen molar-refractivity contribution in [2.45, 2.75) is 13.0 Å². The van der Waals surface area contributed by atoms with Crippen LogP contribution in [-0.2, 0) is 0 Å². The van der Waals surface area contributed by atoms with Gasteiger partial charge in [0, 0.05) is 11.1 Å². The lowest BCUT2D eigenvalue weighted by molar-refractivity contribution is 0.0940. The maximum absolute atomic E-state index is 12.1. The molecule has 2 aromatic rings. The Hall–Kier alpha value is -2.09. The van der Waals surface area contributed by atoms with Gasteiger partial charge in [-0.3, -0.25) is 4.79 Å². The van der Waals surface area contributed by atoms with E-state index in [-0.39, 0.29) is 11.9 Å². The third-order valence-corrected chi connectivity index (χ3v) is 3.57. The van der Waals surface area contributed by atoms with Crippen molar-refractivity contribution in [2.75, 3.05) is 6.54 Å². The smallest absolute Gasteiger partial charge is 0.251 e. The van der Waals surface area contributed by atoms with E-state index in [0.29, 0.717) is 12.1 Å². The monoisotopic (exact) mass is 284 g/mol. The Morgan fingerprint density at radius 3 is 2.70 bits per heavy atom. The molecule has 0 aliphatic rings. The first-order valence-corrected chi connectivity index (χ1v) is 7.27. The summed E-state index contributed by atoms with van der Waals surface area (Å²) in [4.78, 5) is 12.1. The number of carbonyl (C=O) groups is 1. The molecule has 1 unspecified atom stereocenters. The molecule has 102 valence electrons. The topological polar surface area (TPSA) is 55.1 Å². The molecular formula is C16H16N2OS. The van der Waals surface area contributed by atoms with Crippen LogP contribution in [0.4, 0.5) is 0 Å². The highest BCUT2D eigenvalue weighted by Crippen LogP contribution is 2.16. The Morgan fingerprint density at radius 1 is 1.35 bits per heavy atom. The number of benzene rings is 1. The fraction of sp³-hybridized carbons (Fsp3) is 0.188. The molecule has 1 amide bonds. The highest BCUT2D eigenvalue weighted by Gasteiger charge is 2.11. The Bertz CT molecular complexity index is 621. The van der Waals surface area contributed by atoms with Crippen molar-refractivity contribution >= 4 is 17.2 Å². The molecular weight excluding hydrogens is 268 g/mol. The number of nitrogens with one attached hydrogen (secondary N) is 1. The van der Waals surface area contributed by atoms with Crippen molar-refractivity contribution in [2.24, 2.45) is 5.73 Å². The van der Waals surface area contributed by atoms with E-state index in [9.17, 15) is 4.79 Å². The van der Waals surface area contributed by atoms with Crippen molar-refractivity contribution in [1.82, 2.24) is 5.32 Å². The van der Waals surface area contributed by atoms with Crippen LogP contribution in [0, 0.1) is 11.8 Å². The van der Waals surface area contributed by atoms with Crippen LogP contribution >= 0.6 is 11.3 Å². The second-order valence-electron chi connectivity index (χ2n) is 4.34. The fourth-order valence-corrected chi connectivity index (χ4v) is 2.50. The van der Waals surface area contributed by atoms with E-state index in [2.05, 4.69) is 17.2 Å². The fourth-order valence-electron chi connectivity index (χ4n) is 1.74. The molecule has 0 spiro atoms. The largest absolute Gasteiger partial charge is 0.345 e. The zero-order chi connectivity index (χ0) is 14.4. The van der Waals surface area contributed by atoms with Crippen molar-refractivity contribution in [1.29, 1.82) is 0 Å². The molecule has 4 heteroatoms. The lowest BCUT2D eigenvalue weighted by Crippen LogP contribution is -2.26. The maximum Gasteiger partial charge on any atom is 0.251 e. The summed E-state index contributed by atoms with van der Waals surface area (Å²) >= 11 is 1.62. The Labute approximate surface area is 122 Å². The van der Waals surface area contributed by atoms with Crippen molar-refractivity contribution in [3.8, 4) is 11.8 Å². The summed E-state index contributed by atoms with van der Waals surface area (Å²) in [6.07, 6.45) is 0. The van der Waals surface area contributed by atoms with Gasteiger partial charge in [0.15, 0.2) is 0 Å². The highest BCUT2D eigenvalue weighted by molar-refractivity contribution is 7.07. The molecule has 1 heterocycles. The first kappa shape index (κ1) is 14.3. The number of rotatable bonds is 3. The summed E-state index contributed by atoms with van der Waals surface area (Å²) in [6.45, 7) is 2.31. The normalized spacial score (nSPS) is 11.3. The summed E-state index contributed by atoms with van der Waals surface area (Å²) in [7, 11) is 0. The SMILES string of the molecule is CC(NC(=O)c1ccc(C#CCN)cc1)c1ccsc1. The van der Waals surface area contributed by atoms with Gasteiger partial charge in [0.25, 0.3) is 5.91 Å². The predicted molar refractivity (Wildman–Crippen MR) is 82.6 cm³/mol. The predicted octanol–water partition coefficient (Wildman–Crippen LogP) is 2.55. The van der Waals surface area contributed by atoms with Crippen LogP contribution in [-0.4, -0.2) is 12.5 Å². The number of nitrogens with two attached hydrogens (primary N) is 1. The van der Waals surface area contributed by atoms with Gasteiger partial charge in [-0.25, -0.2) is 0 Å². The third-order valence-electron chi connectivity index (χ3n) is 2.87. The molecule has 1 aromatic heterocycles. The number of amides is 1. The molecule has 0 fully saturated rings. The Balaban J connectivity index is 2.02. The van der Waals surface area contributed by atoms with Gasteiger partial charge in [-0.15, -0.1) is 0 Å². The van der Waals surface area contributed by atoms with Gasteiger partial charge in [0.05, 0.1) is 12.6 Å². The van der Waals surface area contributed by atoms with E-state index >= 15 is 0 Å². The first-order valence-electron chi connectivity index (χ1n) is 6.32. The second-order valence-corrected chi connectivity index (χ2v) is 5.12. The van der Waals surface area contributed by atoms with Gasteiger partial charge >= 0.3 is 0 Å². The summed E-state index contributed by atoms with van der Waals surface area (Å²) in [5, 5.41) is 7.01. The van der Waals surface area contributed by atoms with Gasteiger partial charge < -0.3 is 11.1 Å². The molecule has 2 rings (SSSR count). The lowest BCUT2D eigenvalue weighted by atomic mass is 10.1. The van der Waals surface area contributed by atoms with Crippen LogP contribution in [0.1, 0.15) is 34.5 Å². The van der Waals surface area contributed by atoms with E-state index < -0.39 is 0 Å². The van der Waals surface area contributed by atoms with Crippen LogP contribution in [0.3, 0.4) is 0 Å². The second kappa shape index (κ2) is 6.90. The summed E-state index contributed by atoms with van der Waals surface area (Å²) < 4.78 is 0. The quantitative estimate of drug-likeness (QED) is 0.851. The molecule has 3 nitrogen and oxygen atoms in total. The zero-order valence-corrected chi connectivity index (χ0v) is 12.0. The van der Waals surface area contributed by atoms with Crippen LogP contribution < -0.4 is 11.1 Å². The van der Waals surface area contributed by atoms with Crippen LogP contribution in [0.25, 0.3) is 0 Å². The van der Waals surface area contributed by atoms with Gasteiger partial charge in [-0.2, -0.15) is 11.3 Å². The molecule has 3 N–H and O–H groups in total. The molecule has 20 heavy (non-hydrogen) atoms. The van der Waals surface area contributed by atoms with Gasteiger partial charge in [0.1, 0.15) is 0 Å². The molecule has 0 aliphatic heterocycles. The zero-order valence-electron chi connectivity index (χ0n) is 11.2. The average Bonchev–Trinajstić information content (AvgIpc) is 3.00. The molecule has 0 saturated heterocycles. The van der Waals surface area contributed by atoms with Crippen LogP contribution in [0.15, 0.2) is 41.1 Å². The van der Waals surface area contributed by atoms with Gasteiger partial charge in [-0.05, 0) is 53.6 Å². The summed E-state index contributed by atoms with van der Waals surface area (Å²) in [5.74, 6) is 5.63. The minimum absolute atomic E-state index is 0.00505. The lowest BCUT2D eigenvalue weighted by Gasteiger charge is -2.12. The Kier molecular flexibility index (Phi) is 4.94. The molecule has 0 bridgehead atoms. The van der Waals surface area contributed by atoms with Crippen molar-refractivity contribution in [3.63, 3.8) is 0 Å². The van der Waals surface area contributed by atoms with E-state index in [1.807, 2.05) is 35.9 Å². The van der Waals surface area contributed by atoms with Gasteiger partial charge in [-0.1, -0.05) is 11.8 Å². The molecule has 0 radical (unpaired) electrons. The number of carbonyl (C=O) groups excluding carboxylic acids is 1. The number of hydrogen-bond donors (Lipinski definition) is 2. The number of hydrogen-bond acceptors (Lipinski definition) is 3. The van der Waals surface area contributed by atoms with Gasteiger partial charge in [0.2, 0.25) is 0 Å². The highest BCUT2D eigenvalue weighted by atomic mass is 32.1. The van der Waals surface area contributed by atoms with E-state index in [1.165, 1.54) is 0 Å². The number of thiophene rings is 1. The van der Waals surface area contributed by atoms with Crippen molar-refractivity contribution < 1.29 is 4.79 Å².